The normalized spacial score (nSPS) is 13.1. The van der Waals surface area contributed by atoms with E-state index in [-0.39, 0.29) is 32.0 Å². The van der Waals surface area contributed by atoms with E-state index in [1.165, 1.54) is 334 Å². The van der Waals surface area contributed by atoms with E-state index in [1.807, 2.05) is 21.1 Å². The summed E-state index contributed by atoms with van der Waals surface area (Å²) >= 11 is 0. The second-order valence-electron chi connectivity index (χ2n) is 27.7. The van der Waals surface area contributed by atoms with Crippen LogP contribution in [0.5, 0.6) is 0 Å². The van der Waals surface area contributed by atoms with Crippen LogP contribution in [0.3, 0.4) is 0 Å². The SMILES string of the molecule is CCCCCCC/C=C\C/C=C\CCCCCCCCCCCCCCCCCCCC(=O)OC(COC(=O)CCCCCCCCCCCCCCCCCCCCCCCCCCCCCCCCCCCC)COP(=O)([O-])OCC[N+](C)(C)C. The molecule has 0 saturated carbocycles. The fourth-order valence-corrected chi connectivity index (χ4v) is 12.5. The Balaban J connectivity index is 3.92. The minimum atomic E-state index is -4.64. The van der Waals surface area contributed by atoms with Crippen LogP contribution < -0.4 is 4.89 Å². The zero-order chi connectivity index (χ0) is 63.4. The van der Waals surface area contributed by atoms with Gasteiger partial charge < -0.3 is 27.9 Å². The van der Waals surface area contributed by atoms with E-state index in [1.54, 1.807) is 0 Å². The molecule has 0 aromatic rings. The second kappa shape index (κ2) is 68.8. The maximum Gasteiger partial charge on any atom is 0.306 e. The number of hydrogen-bond acceptors (Lipinski definition) is 8. The third kappa shape index (κ3) is 73.4. The van der Waals surface area contributed by atoms with Crippen LogP contribution in [0.25, 0.3) is 0 Å². The first-order valence-corrected chi connectivity index (χ1v) is 40.0. The number of rotatable bonds is 73. The summed E-state index contributed by atoms with van der Waals surface area (Å²) in [4.78, 5) is 38.1. The number of likely N-dealkylation sites (N-methyl/N-ethyl adjacent to an activating group) is 1. The van der Waals surface area contributed by atoms with Crippen LogP contribution in [0.2, 0.25) is 0 Å². The van der Waals surface area contributed by atoms with E-state index < -0.39 is 26.5 Å². The minimum absolute atomic E-state index is 0.0269. The number of allylic oxidation sites excluding steroid dienone is 4. The zero-order valence-corrected chi connectivity index (χ0v) is 59.9. The van der Waals surface area contributed by atoms with Gasteiger partial charge in [0.2, 0.25) is 0 Å². The lowest BCUT2D eigenvalue weighted by molar-refractivity contribution is -0.870. The van der Waals surface area contributed by atoms with Gasteiger partial charge in [-0.05, 0) is 44.9 Å². The molecule has 516 valence electrons. The number of ether oxygens (including phenoxy) is 2. The van der Waals surface area contributed by atoms with Crippen LogP contribution in [-0.4, -0.2) is 70.0 Å². The van der Waals surface area contributed by atoms with Gasteiger partial charge in [0.05, 0.1) is 27.7 Å². The molecule has 0 aliphatic heterocycles. The smallest absolute Gasteiger partial charge is 0.306 e. The van der Waals surface area contributed by atoms with E-state index in [0.29, 0.717) is 17.4 Å². The van der Waals surface area contributed by atoms with Gasteiger partial charge in [0.15, 0.2) is 6.10 Å². The molecule has 0 aromatic carbocycles. The van der Waals surface area contributed by atoms with Crippen molar-refractivity contribution in [3.05, 3.63) is 24.3 Å². The summed E-state index contributed by atoms with van der Waals surface area (Å²) in [5.74, 6) is -0.807. The van der Waals surface area contributed by atoms with Gasteiger partial charge in [-0.15, -0.1) is 0 Å². The lowest BCUT2D eigenvalue weighted by Crippen LogP contribution is -2.37. The molecule has 0 fully saturated rings. The number of carbonyl (C=O) groups excluding carboxylic acids is 2. The van der Waals surface area contributed by atoms with Gasteiger partial charge in [0.1, 0.15) is 19.8 Å². The molecule has 2 unspecified atom stereocenters. The maximum absolute atomic E-state index is 12.9. The standard InChI is InChI=1S/C77H150NO8P/c1-6-8-10-12-14-16-18-20-22-24-26-28-30-32-34-36-37-38-39-40-42-43-45-47-49-51-53-55-57-59-61-63-65-67-69-76(79)83-73-75(74-85-87(81,82)84-72-71-78(3,4)5)86-77(80)70-68-66-64-62-60-58-56-54-52-50-48-46-44-41-35-33-31-29-27-25-23-21-19-17-15-13-11-9-7-2/h19,21,25,27,75H,6-18,20,22-24,26,28-74H2,1-5H3/b21-19-,27-25-. The van der Waals surface area contributed by atoms with E-state index in [9.17, 15) is 19.0 Å². The van der Waals surface area contributed by atoms with Gasteiger partial charge in [-0.25, -0.2) is 0 Å². The third-order valence-corrected chi connectivity index (χ3v) is 18.7. The number of nitrogens with zero attached hydrogens (tertiary/aromatic N) is 1. The molecule has 0 heterocycles. The first-order valence-electron chi connectivity index (χ1n) is 38.5. The fourth-order valence-electron chi connectivity index (χ4n) is 11.8. The molecule has 0 rings (SSSR count). The number of esters is 2. The van der Waals surface area contributed by atoms with E-state index in [2.05, 4.69) is 38.2 Å². The Morgan fingerprint density at radius 3 is 0.908 bits per heavy atom. The van der Waals surface area contributed by atoms with E-state index in [4.69, 9.17) is 18.5 Å². The quantitative estimate of drug-likeness (QED) is 0.0195. The second-order valence-corrected chi connectivity index (χ2v) is 29.1. The van der Waals surface area contributed by atoms with Crippen molar-refractivity contribution in [1.29, 1.82) is 0 Å². The lowest BCUT2D eigenvalue weighted by atomic mass is 10.0. The molecule has 0 spiro atoms. The molecule has 0 saturated heterocycles. The lowest BCUT2D eigenvalue weighted by Gasteiger charge is -2.28. The van der Waals surface area contributed by atoms with Crippen LogP contribution in [0.1, 0.15) is 406 Å². The first kappa shape index (κ1) is 85.5. The fraction of sp³-hybridized carbons (Fsp3) is 0.922. The van der Waals surface area contributed by atoms with Gasteiger partial charge in [-0.1, -0.05) is 372 Å². The van der Waals surface area contributed by atoms with Gasteiger partial charge in [0.25, 0.3) is 7.82 Å². The van der Waals surface area contributed by atoms with Crippen LogP contribution >= 0.6 is 7.82 Å². The van der Waals surface area contributed by atoms with Crippen molar-refractivity contribution in [3.63, 3.8) is 0 Å². The molecular weight excluding hydrogens is 1100 g/mol. The highest BCUT2D eigenvalue weighted by atomic mass is 31.2. The predicted octanol–water partition coefficient (Wildman–Crippen LogP) is 24.6. The number of phosphoric ester groups is 1. The number of hydrogen-bond donors (Lipinski definition) is 0. The summed E-state index contributed by atoms with van der Waals surface area (Å²) in [7, 11) is 1.19. The van der Waals surface area contributed by atoms with Crippen LogP contribution in [0.15, 0.2) is 24.3 Å². The molecule has 2 atom stereocenters. The summed E-state index contributed by atoms with van der Waals surface area (Å²) in [6.07, 6.45) is 87.2. The molecule has 0 aliphatic carbocycles. The van der Waals surface area contributed by atoms with Gasteiger partial charge in [0, 0.05) is 12.8 Å². The monoisotopic (exact) mass is 1250 g/mol. The largest absolute Gasteiger partial charge is 0.756 e. The summed E-state index contributed by atoms with van der Waals surface area (Å²) in [5, 5.41) is 0. The number of unbranched alkanes of at least 4 members (excludes halogenated alkanes) is 55. The van der Waals surface area contributed by atoms with E-state index >= 15 is 0 Å². The Bertz CT molecular complexity index is 1510. The van der Waals surface area contributed by atoms with Crippen molar-refractivity contribution < 1.29 is 42.1 Å². The Morgan fingerprint density at radius 2 is 0.621 bits per heavy atom. The topological polar surface area (TPSA) is 111 Å². The van der Waals surface area contributed by atoms with Crippen molar-refractivity contribution in [1.82, 2.24) is 0 Å². The highest BCUT2D eigenvalue weighted by Crippen LogP contribution is 2.38. The molecule has 0 amide bonds. The Kier molecular flexibility index (Phi) is 67.7. The average molecular weight is 1250 g/mol. The molecule has 87 heavy (non-hydrogen) atoms. The maximum atomic E-state index is 12.9. The van der Waals surface area contributed by atoms with E-state index in [0.717, 1.165) is 38.5 Å². The molecule has 0 aromatic heterocycles. The Hall–Kier alpha value is -1.51. The highest BCUT2D eigenvalue weighted by Gasteiger charge is 2.22. The average Bonchev–Trinajstić information content (AvgIpc) is 3.56. The summed E-state index contributed by atoms with van der Waals surface area (Å²) in [6, 6.07) is 0. The van der Waals surface area contributed by atoms with Gasteiger partial charge in [-0.3, -0.25) is 14.2 Å². The zero-order valence-electron chi connectivity index (χ0n) is 59.0. The first-order chi connectivity index (χ1) is 42.5. The van der Waals surface area contributed by atoms with Gasteiger partial charge in [-0.2, -0.15) is 0 Å². The van der Waals surface area contributed by atoms with Crippen molar-refractivity contribution in [2.75, 3.05) is 47.5 Å². The predicted molar refractivity (Wildman–Crippen MR) is 375 cm³/mol. The van der Waals surface area contributed by atoms with Crippen molar-refractivity contribution in [2.45, 2.75) is 412 Å². The third-order valence-electron chi connectivity index (χ3n) is 17.7. The van der Waals surface area contributed by atoms with Crippen LogP contribution in [0, 0.1) is 0 Å². The Morgan fingerprint density at radius 1 is 0.356 bits per heavy atom. The van der Waals surface area contributed by atoms with Crippen molar-refractivity contribution >= 4 is 19.8 Å². The minimum Gasteiger partial charge on any atom is -0.756 e. The van der Waals surface area contributed by atoms with Crippen molar-refractivity contribution in [3.8, 4) is 0 Å². The molecule has 0 aliphatic rings. The molecule has 10 heteroatoms. The molecular formula is C77H150NO8P. The molecule has 9 nitrogen and oxygen atoms in total. The summed E-state index contributed by atoms with van der Waals surface area (Å²) in [6.45, 7) is 4.32. The summed E-state index contributed by atoms with van der Waals surface area (Å²) in [5.41, 5.74) is 0. The Labute approximate surface area is 542 Å². The van der Waals surface area contributed by atoms with Crippen LogP contribution in [0.4, 0.5) is 0 Å². The highest BCUT2D eigenvalue weighted by molar-refractivity contribution is 7.45. The van der Waals surface area contributed by atoms with Crippen molar-refractivity contribution in [2.24, 2.45) is 0 Å². The van der Waals surface area contributed by atoms with Gasteiger partial charge >= 0.3 is 11.9 Å². The molecule has 0 N–H and O–H groups in total. The van der Waals surface area contributed by atoms with Crippen LogP contribution in [-0.2, 0) is 32.7 Å². The number of carbonyl (C=O) groups is 2. The number of phosphoric acid groups is 1. The number of quaternary nitrogens is 1. The molecule has 0 radical (unpaired) electrons. The summed E-state index contributed by atoms with van der Waals surface area (Å²) < 4.78 is 34.4. The molecule has 0 bridgehead atoms.